The molecule has 1 saturated heterocycles. The van der Waals surface area contributed by atoms with Crippen LogP contribution in [0.2, 0.25) is 0 Å². The van der Waals surface area contributed by atoms with E-state index in [1.54, 1.807) is 0 Å². The monoisotopic (exact) mass is 409 g/mol. The number of hydrogen-bond donors (Lipinski definition) is 0. The SMILES string of the molecule is O=C(COCCN1CCCC1)CC(=O)OCCC(c1ccccc1)c1ccccc1. The normalized spacial score (nSPS) is 14.2. The molecule has 0 bridgehead atoms. The maximum absolute atomic E-state index is 12.0. The number of ketones is 1. The Kier molecular flexibility index (Phi) is 9.06. The molecule has 1 aliphatic heterocycles. The van der Waals surface area contributed by atoms with Crippen LogP contribution < -0.4 is 0 Å². The largest absolute Gasteiger partial charge is 0.465 e. The first-order valence-electron chi connectivity index (χ1n) is 10.8. The van der Waals surface area contributed by atoms with Gasteiger partial charge in [0.15, 0.2) is 5.78 Å². The van der Waals surface area contributed by atoms with Crippen LogP contribution in [0, 0.1) is 0 Å². The van der Waals surface area contributed by atoms with Gasteiger partial charge in [0.2, 0.25) is 0 Å². The number of rotatable bonds is 12. The second kappa shape index (κ2) is 12.3. The molecule has 2 aromatic rings. The van der Waals surface area contributed by atoms with Crippen LogP contribution in [0.25, 0.3) is 0 Å². The van der Waals surface area contributed by atoms with Crippen molar-refractivity contribution in [3.8, 4) is 0 Å². The van der Waals surface area contributed by atoms with Gasteiger partial charge in [-0.1, -0.05) is 60.7 Å². The number of Topliss-reactive ketones (excluding diaryl/α,β-unsaturated/α-hetero) is 1. The van der Waals surface area contributed by atoms with E-state index < -0.39 is 5.97 Å². The highest BCUT2D eigenvalue weighted by atomic mass is 16.5. The predicted molar refractivity (Wildman–Crippen MR) is 116 cm³/mol. The van der Waals surface area contributed by atoms with Crippen molar-refractivity contribution in [1.29, 1.82) is 0 Å². The molecule has 0 amide bonds. The van der Waals surface area contributed by atoms with Gasteiger partial charge >= 0.3 is 5.97 Å². The standard InChI is InChI=1S/C25H31NO4/c27-23(20-29-18-16-26-14-7-8-15-26)19-25(28)30-17-13-24(21-9-3-1-4-10-21)22-11-5-2-6-12-22/h1-6,9-12,24H,7-8,13-20H2. The number of ether oxygens (including phenoxy) is 2. The smallest absolute Gasteiger partial charge is 0.313 e. The molecule has 3 rings (SSSR count). The van der Waals surface area contributed by atoms with Crippen LogP contribution in [0.4, 0.5) is 0 Å². The van der Waals surface area contributed by atoms with Crippen molar-refractivity contribution in [3.05, 3.63) is 71.8 Å². The molecule has 0 radical (unpaired) electrons. The quantitative estimate of drug-likeness (QED) is 0.303. The van der Waals surface area contributed by atoms with Gasteiger partial charge in [0, 0.05) is 12.5 Å². The zero-order chi connectivity index (χ0) is 21.0. The fourth-order valence-corrected chi connectivity index (χ4v) is 3.84. The lowest BCUT2D eigenvalue weighted by Crippen LogP contribution is -2.25. The third-order valence-corrected chi connectivity index (χ3v) is 5.43. The van der Waals surface area contributed by atoms with Gasteiger partial charge in [0.05, 0.1) is 13.2 Å². The Bertz CT molecular complexity index is 733. The maximum atomic E-state index is 12.0. The summed E-state index contributed by atoms with van der Waals surface area (Å²) in [7, 11) is 0. The number of likely N-dealkylation sites (tertiary alicyclic amines) is 1. The van der Waals surface area contributed by atoms with Crippen LogP contribution in [-0.4, -0.2) is 56.1 Å². The lowest BCUT2D eigenvalue weighted by molar-refractivity contribution is -0.147. The molecule has 1 fully saturated rings. The molecule has 0 saturated carbocycles. The second-order valence-electron chi connectivity index (χ2n) is 7.70. The highest BCUT2D eigenvalue weighted by Gasteiger charge is 2.16. The average molecular weight is 410 g/mol. The Morgan fingerprint density at radius 1 is 0.867 bits per heavy atom. The highest BCUT2D eigenvalue weighted by Crippen LogP contribution is 2.27. The van der Waals surface area contributed by atoms with Gasteiger partial charge in [0.25, 0.3) is 0 Å². The number of esters is 1. The van der Waals surface area contributed by atoms with Gasteiger partial charge in [0.1, 0.15) is 13.0 Å². The summed E-state index contributed by atoms with van der Waals surface area (Å²) in [6.45, 7) is 3.83. The molecule has 0 spiro atoms. The zero-order valence-corrected chi connectivity index (χ0v) is 17.5. The molecular formula is C25H31NO4. The molecule has 0 unspecified atom stereocenters. The molecule has 1 aliphatic rings. The Morgan fingerprint density at radius 2 is 1.47 bits per heavy atom. The van der Waals surface area contributed by atoms with Crippen LogP contribution in [0.15, 0.2) is 60.7 Å². The Morgan fingerprint density at radius 3 is 2.07 bits per heavy atom. The van der Waals surface area contributed by atoms with Crippen LogP contribution in [0.3, 0.4) is 0 Å². The van der Waals surface area contributed by atoms with Gasteiger partial charge in [-0.2, -0.15) is 0 Å². The van der Waals surface area contributed by atoms with Crippen molar-refractivity contribution in [3.63, 3.8) is 0 Å². The molecule has 5 heteroatoms. The number of hydrogen-bond acceptors (Lipinski definition) is 5. The van der Waals surface area contributed by atoms with Crippen molar-refractivity contribution < 1.29 is 19.1 Å². The molecule has 0 aromatic heterocycles. The summed E-state index contributed by atoms with van der Waals surface area (Å²) in [6, 6.07) is 20.4. The van der Waals surface area contributed by atoms with E-state index in [1.807, 2.05) is 36.4 Å². The first-order chi connectivity index (χ1) is 14.7. The van der Waals surface area contributed by atoms with Gasteiger partial charge in [-0.25, -0.2) is 0 Å². The average Bonchev–Trinajstić information content (AvgIpc) is 3.29. The van der Waals surface area contributed by atoms with Crippen molar-refractivity contribution in [2.75, 3.05) is 39.5 Å². The summed E-state index contributed by atoms with van der Waals surface area (Å²) < 4.78 is 10.8. The zero-order valence-electron chi connectivity index (χ0n) is 17.5. The summed E-state index contributed by atoms with van der Waals surface area (Å²) in [4.78, 5) is 26.3. The molecule has 0 N–H and O–H groups in total. The molecule has 30 heavy (non-hydrogen) atoms. The van der Waals surface area contributed by atoms with Crippen molar-refractivity contribution in [2.45, 2.75) is 31.6 Å². The molecule has 0 atom stereocenters. The van der Waals surface area contributed by atoms with Crippen LogP contribution in [0.1, 0.15) is 42.7 Å². The van der Waals surface area contributed by atoms with Crippen molar-refractivity contribution in [2.24, 2.45) is 0 Å². The van der Waals surface area contributed by atoms with Crippen LogP contribution in [-0.2, 0) is 19.1 Å². The summed E-state index contributed by atoms with van der Waals surface area (Å²) in [5.74, 6) is -0.572. The fourth-order valence-electron chi connectivity index (χ4n) is 3.84. The van der Waals surface area contributed by atoms with Gasteiger partial charge < -0.3 is 14.4 Å². The number of carbonyl (C=O) groups is 2. The molecule has 1 heterocycles. The fraction of sp³-hybridized carbons (Fsp3) is 0.440. The van der Waals surface area contributed by atoms with E-state index in [9.17, 15) is 9.59 Å². The van der Waals surface area contributed by atoms with E-state index in [4.69, 9.17) is 9.47 Å². The minimum atomic E-state index is -0.483. The van der Waals surface area contributed by atoms with Crippen molar-refractivity contribution in [1.82, 2.24) is 4.90 Å². The Hall–Kier alpha value is -2.50. The summed E-state index contributed by atoms with van der Waals surface area (Å²) in [5.41, 5.74) is 2.37. The second-order valence-corrected chi connectivity index (χ2v) is 7.70. The van der Waals surface area contributed by atoms with E-state index >= 15 is 0 Å². The van der Waals surface area contributed by atoms with E-state index in [2.05, 4.69) is 29.2 Å². The van der Waals surface area contributed by atoms with E-state index in [1.165, 1.54) is 24.0 Å². The topological polar surface area (TPSA) is 55.8 Å². The van der Waals surface area contributed by atoms with E-state index in [0.717, 1.165) is 19.6 Å². The van der Waals surface area contributed by atoms with Crippen molar-refractivity contribution >= 4 is 11.8 Å². The minimum absolute atomic E-state index is 0.0282. The Labute approximate surface area is 179 Å². The van der Waals surface area contributed by atoms with Crippen LogP contribution in [0.5, 0.6) is 0 Å². The summed E-state index contributed by atoms with van der Waals surface area (Å²) in [6.07, 6.45) is 2.91. The van der Waals surface area contributed by atoms with E-state index in [0.29, 0.717) is 13.0 Å². The van der Waals surface area contributed by atoms with Gasteiger partial charge in [-0.05, 0) is 43.5 Å². The number of nitrogens with zero attached hydrogens (tertiary/aromatic N) is 1. The molecule has 160 valence electrons. The summed E-state index contributed by atoms with van der Waals surface area (Å²) in [5, 5.41) is 0. The first-order valence-corrected chi connectivity index (χ1v) is 10.8. The number of benzene rings is 2. The van der Waals surface area contributed by atoms with Gasteiger partial charge in [-0.15, -0.1) is 0 Å². The lowest BCUT2D eigenvalue weighted by atomic mass is 9.89. The predicted octanol–water partition coefficient (Wildman–Crippen LogP) is 3.82. The third-order valence-electron chi connectivity index (χ3n) is 5.43. The highest BCUT2D eigenvalue weighted by molar-refractivity contribution is 5.96. The third kappa shape index (κ3) is 7.39. The molecule has 0 aliphatic carbocycles. The number of carbonyl (C=O) groups excluding carboxylic acids is 2. The lowest BCUT2D eigenvalue weighted by Gasteiger charge is -2.18. The molecule has 5 nitrogen and oxygen atoms in total. The van der Waals surface area contributed by atoms with Crippen LogP contribution >= 0.6 is 0 Å². The Balaban J connectivity index is 1.38. The molecular weight excluding hydrogens is 378 g/mol. The minimum Gasteiger partial charge on any atom is -0.465 e. The van der Waals surface area contributed by atoms with E-state index in [-0.39, 0.29) is 31.3 Å². The first kappa shape index (κ1) is 22.2. The van der Waals surface area contributed by atoms with Gasteiger partial charge in [-0.3, -0.25) is 9.59 Å². The maximum Gasteiger partial charge on any atom is 0.313 e. The molecule has 2 aromatic carbocycles. The summed E-state index contributed by atoms with van der Waals surface area (Å²) >= 11 is 0.